The summed E-state index contributed by atoms with van der Waals surface area (Å²) in [7, 11) is 0. The van der Waals surface area contributed by atoms with Crippen LogP contribution in [0, 0.1) is 33.5 Å². The lowest BCUT2D eigenvalue weighted by atomic mass is 9.44. The molecule has 0 aromatic heterocycles. The molecule has 3 amide bonds. The average Bonchev–Trinajstić information content (AvgIpc) is 0.672. The maximum absolute atomic E-state index is 15.2. The van der Waals surface area contributed by atoms with Crippen molar-refractivity contribution >= 4 is 71.4 Å². The summed E-state index contributed by atoms with van der Waals surface area (Å²) in [5.41, 5.74) is -14.2. The van der Waals surface area contributed by atoms with Gasteiger partial charge in [0.1, 0.15) is 77.3 Å². The van der Waals surface area contributed by atoms with Gasteiger partial charge in [0, 0.05) is 69.9 Å². The summed E-state index contributed by atoms with van der Waals surface area (Å²) in [5.74, 6) is -12.5. The number of aliphatic hydroxyl groups excluding tert-OH is 5. The number of nitrogens with one attached hydrogen (secondary N) is 3. The fourth-order valence-corrected chi connectivity index (χ4v) is 20.5. The van der Waals surface area contributed by atoms with Crippen molar-refractivity contribution in [1.82, 2.24) is 21.1 Å². The molecule has 13 rings (SSSR count). The fourth-order valence-electron chi connectivity index (χ4n) is 20.5. The molecule has 0 unspecified atom stereocenters. The second-order valence-corrected chi connectivity index (χ2v) is 38.2. The molecular formula is C94H118N4O31. The Morgan fingerprint density at radius 3 is 1.26 bits per heavy atom. The predicted molar refractivity (Wildman–Crippen MR) is 451 cm³/mol. The van der Waals surface area contributed by atoms with Gasteiger partial charge in [-0.05, 0) is 127 Å². The molecule has 10 N–H and O–H groups in total. The number of rotatable bonds is 21. The molecule has 22 atom stereocenters. The number of hydrazine groups is 1. The normalized spacial score (nSPS) is 32.2. The second kappa shape index (κ2) is 37.1. The number of ether oxygens (including phenoxy) is 12. The summed E-state index contributed by atoms with van der Waals surface area (Å²) in [4.78, 5) is 167. The quantitative estimate of drug-likeness (QED) is 0.0251. The molecule has 4 aromatic rings. The van der Waals surface area contributed by atoms with Crippen molar-refractivity contribution in [1.29, 1.82) is 0 Å². The van der Waals surface area contributed by atoms with E-state index in [0.29, 0.717) is 31.9 Å². The summed E-state index contributed by atoms with van der Waals surface area (Å²) < 4.78 is 70.9. The minimum Gasteiger partial charge on any atom is -0.456 e. The van der Waals surface area contributed by atoms with Gasteiger partial charge in [-0.15, -0.1) is 0 Å². The summed E-state index contributed by atoms with van der Waals surface area (Å²) in [6, 6.07) is 28.9. The molecule has 4 bridgehead atoms. The molecule has 9 aliphatic rings. The van der Waals surface area contributed by atoms with Gasteiger partial charge in [0.25, 0.3) is 0 Å². The van der Waals surface area contributed by atoms with Gasteiger partial charge in [0.15, 0.2) is 28.9 Å². The largest absolute Gasteiger partial charge is 0.456 e. The lowest BCUT2D eigenvalue weighted by Gasteiger charge is -2.67. The Morgan fingerprint density at radius 1 is 0.519 bits per heavy atom. The van der Waals surface area contributed by atoms with E-state index in [9.17, 15) is 83.7 Å². The summed E-state index contributed by atoms with van der Waals surface area (Å²) >= 11 is 0. The van der Waals surface area contributed by atoms with Crippen LogP contribution in [0.25, 0.3) is 0 Å². The Labute approximate surface area is 746 Å². The maximum atomic E-state index is 15.2. The number of hydrogen-bond donors (Lipinski definition) is 10. The number of hydrogen-bond acceptors (Lipinski definition) is 32. The molecule has 35 heteroatoms. The first-order valence-corrected chi connectivity index (χ1v) is 43.1. The number of fused-ring (bicyclic) bond motifs is 10. The highest BCUT2D eigenvalue weighted by molar-refractivity contribution is 5.96. The smallest absolute Gasteiger partial charge is 0.408 e. The van der Waals surface area contributed by atoms with Gasteiger partial charge in [0.05, 0.1) is 84.9 Å². The van der Waals surface area contributed by atoms with E-state index in [0.717, 1.165) is 13.8 Å². The summed E-state index contributed by atoms with van der Waals surface area (Å²) in [6.07, 6.45) is -24.4. The lowest BCUT2D eigenvalue weighted by Crippen LogP contribution is -2.81. The van der Waals surface area contributed by atoms with E-state index < -0.39 is 243 Å². The molecule has 3 saturated heterocycles. The van der Waals surface area contributed by atoms with Crippen molar-refractivity contribution in [2.24, 2.45) is 33.5 Å². The number of nitrogens with zero attached hydrogens (tertiary/aromatic N) is 1. The highest BCUT2D eigenvalue weighted by Gasteiger charge is 2.80. The first-order valence-electron chi connectivity index (χ1n) is 43.1. The van der Waals surface area contributed by atoms with Crippen LogP contribution in [0.4, 0.5) is 9.59 Å². The van der Waals surface area contributed by atoms with E-state index in [1.807, 2.05) is 0 Å². The van der Waals surface area contributed by atoms with Gasteiger partial charge >= 0.3 is 54.0 Å². The monoisotopic (exact) mass is 1800 g/mol. The highest BCUT2D eigenvalue weighted by atomic mass is 16.7. The van der Waals surface area contributed by atoms with Crippen LogP contribution < -0.4 is 16.1 Å². The SMILES string of the molecule is CC(=O)O[C@@]12CO[C@@H]1C[C@H](O)[C@@]1(C)C(=O)[C@H](O)C3=C(C)[C@@H](OC(=O)[C@H](O)[C@@H](NC(=O)OC(C)(C)C)c4ccccc4)C[C@@](O)([C@@H](OC(=O)c4ccccc4)[C@H]21)C3(C)C.CC(=O)O[C@@]12CO[C@@H]1C[C@H](O)[C@@]1(C)C(=O)[C@H](O)C3=C(C)[C@@H](OC(=O)[C@H](OC(=O)CCC(=O)NN4CCOCC4)[C@@H](NC(=O)OC(C)(C)C)c4ccccc4)C[C@@](O)([C@@H](OC(=O)c4ccccc4)[C@H]21)C3(C)C. The van der Waals surface area contributed by atoms with E-state index in [4.69, 9.17) is 56.8 Å². The number of ketones is 2. The number of carbonyl (C=O) groups excluding carboxylic acids is 12. The molecular weight excluding hydrogens is 1680 g/mol. The number of Topliss-reactive ketones (excluding diaryl/α,β-unsaturated/α-hetero) is 2. The van der Waals surface area contributed by atoms with Crippen molar-refractivity contribution in [3.05, 3.63) is 166 Å². The third kappa shape index (κ3) is 18.6. The Balaban J connectivity index is 0.000000239. The highest BCUT2D eigenvalue weighted by Crippen LogP contribution is 2.67. The molecule has 129 heavy (non-hydrogen) atoms. The topological polar surface area (TPSA) is 497 Å². The molecule has 4 saturated carbocycles. The Hall–Kier alpha value is -10.4. The van der Waals surface area contributed by atoms with E-state index in [2.05, 4.69) is 16.1 Å². The van der Waals surface area contributed by atoms with Crippen molar-refractivity contribution in [2.45, 2.75) is 268 Å². The van der Waals surface area contributed by atoms with Crippen LogP contribution in [0.3, 0.4) is 0 Å². The molecule has 4 aromatic carbocycles. The fraction of sp³-hybridized carbons (Fsp3) is 0.574. The van der Waals surface area contributed by atoms with Crippen LogP contribution in [0.1, 0.15) is 193 Å². The number of carbonyl (C=O) groups is 12. The zero-order valence-corrected chi connectivity index (χ0v) is 75.1. The van der Waals surface area contributed by atoms with Gasteiger partial charge < -0.3 is 103 Å². The minimum absolute atomic E-state index is 0.0433. The van der Waals surface area contributed by atoms with Gasteiger partial charge in [-0.2, -0.15) is 0 Å². The first-order chi connectivity index (χ1) is 60.3. The number of benzene rings is 4. The molecule has 3 heterocycles. The summed E-state index contributed by atoms with van der Waals surface area (Å²) in [6.45, 7) is 25.0. The van der Waals surface area contributed by atoms with Crippen LogP contribution >= 0.6 is 0 Å². The number of alkyl carbamates (subject to hydrolysis) is 2. The van der Waals surface area contributed by atoms with Gasteiger partial charge in [-0.1, -0.05) is 125 Å². The van der Waals surface area contributed by atoms with Crippen LogP contribution in [0.2, 0.25) is 0 Å². The van der Waals surface area contributed by atoms with Crippen LogP contribution in [0.15, 0.2) is 144 Å². The van der Waals surface area contributed by atoms with E-state index >= 15 is 9.59 Å². The van der Waals surface area contributed by atoms with Crippen LogP contribution in [-0.4, -0.2) is 259 Å². The summed E-state index contributed by atoms with van der Waals surface area (Å²) in [5, 5.41) is 94.0. The Bertz CT molecular complexity index is 4990. The Morgan fingerprint density at radius 2 is 0.891 bits per heavy atom. The molecule has 700 valence electrons. The molecule has 35 nitrogen and oxygen atoms in total. The number of aliphatic hydroxyl groups is 7. The molecule has 7 fully saturated rings. The number of amides is 3. The van der Waals surface area contributed by atoms with Crippen molar-refractivity contribution in [3.63, 3.8) is 0 Å². The second-order valence-electron chi connectivity index (χ2n) is 38.2. The van der Waals surface area contributed by atoms with Gasteiger partial charge in [-0.25, -0.2) is 33.8 Å². The lowest BCUT2D eigenvalue weighted by molar-refractivity contribution is -0.346. The van der Waals surface area contributed by atoms with Crippen molar-refractivity contribution in [2.75, 3.05) is 39.5 Å². The predicted octanol–water partition coefficient (Wildman–Crippen LogP) is 6.21. The van der Waals surface area contributed by atoms with E-state index in [-0.39, 0.29) is 71.5 Å². The third-order valence-electron chi connectivity index (χ3n) is 27.2. The third-order valence-corrected chi connectivity index (χ3v) is 27.2. The maximum Gasteiger partial charge on any atom is 0.408 e. The van der Waals surface area contributed by atoms with Crippen LogP contribution in [-0.2, 0) is 95.2 Å². The average molecular weight is 1800 g/mol. The molecule has 3 aliphatic heterocycles. The zero-order valence-electron chi connectivity index (χ0n) is 75.1. The number of esters is 7. The molecule has 0 radical (unpaired) electrons. The Kier molecular flexibility index (Phi) is 28.1. The molecule has 6 aliphatic carbocycles. The van der Waals surface area contributed by atoms with Crippen molar-refractivity contribution < 1.29 is 150 Å². The molecule has 0 spiro atoms. The minimum atomic E-state index is -2.46. The van der Waals surface area contributed by atoms with Crippen molar-refractivity contribution in [3.8, 4) is 0 Å². The first kappa shape index (κ1) is 97.6. The standard InChI is InChI=1S/C51H65N3O17.C43H53NO14/c1-28-32(67-45(62)40(68-36(58)20-19-35(57)53-54-21-23-65-24-22-54)38(30-15-11-9-12-16-30)52-46(63)71-47(3,4)5)26-51(64)43(69-44(61)31-17-13-10-14-18-31)41-49(8,42(60)39(59)37(28)48(51,6)7)33(56)25-34-50(41,27-66-34)70-29(2)55;1-22-26(55-37(51)32(48)30(24-15-11-9-12-16-24)44-38(52)58-39(3,4)5)20-43(53)35(56-36(50)25-17-13-10-14-18-25)33-41(8,34(49)31(47)29(22)40(43,6)7)27(46)19-28-42(33,21-54-28)57-23(2)45/h9-18,32-34,38-41,43,56,59,64H,19-27H2,1-8H3,(H,52,63)(H,53,57);9-18,26-28,30-33,35,46-48,53H,19-21H2,1-8H3,(H,44,52)/t32-,33-,34+,38-,39+,40+,41-,43-,49+,50-,51+;26-,27-,28+,30-,31+,32+,33-,35-,41+,42-,43+/m00/s1. The van der Waals surface area contributed by atoms with Gasteiger partial charge in [0.2, 0.25) is 12.0 Å². The number of morpholine rings is 1. The van der Waals surface area contributed by atoms with Gasteiger partial charge in [-0.3, -0.25) is 34.2 Å². The van der Waals surface area contributed by atoms with E-state index in [1.54, 1.807) is 157 Å². The zero-order chi connectivity index (χ0) is 94.6. The van der Waals surface area contributed by atoms with Crippen LogP contribution in [0.5, 0.6) is 0 Å². The van der Waals surface area contributed by atoms with E-state index in [1.165, 1.54) is 65.8 Å².